The van der Waals surface area contributed by atoms with Gasteiger partial charge in [0.1, 0.15) is 5.60 Å². The Labute approximate surface area is 103 Å². The first kappa shape index (κ1) is 13.7. The van der Waals surface area contributed by atoms with Gasteiger partial charge in [-0.15, -0.1) is 0 Å². The number of piperidine rings is 1. The van der Waals surface area contributed by atoms with Crippen LogP contribution in [0.5, 0.6) is 0 Å². The molecule has 1 amide bonds. The van der Waals surface area contributed by atoms with Crippen molar-refractivity contribution in [3.8, 4) is 0 Å². The molecule has 3 nitrogen and oxygen atoms in total. The molecule has 0 aromatic rings. The van der Waals surface area contributed by atoms with E-state index in [2.05, 4.69) is 13.2 Å². The maximum atomic E-state index is 11.9. The van der Waals surface area contributed by atoms with Crippen LogP contribution in [0.2, 0.25) is 0 Å². The number of likely N-dealkylation sites (tertiary alicyclic amines) is 1. The van der Waals surface area contributed by atoms with Crippen LogP contribution in [-0.4, -0.2) is 40.7 Å². The zero-order valence-electron chi connectivity index (χ0n) is 10.9. The molecule has 1 rings (SSSR count). The van der Waals surface area contributed by atoms with Crippen LogP contribution in [0.3, 0.4) is 0 Å². The smallest absolute Gasteiger partial charge is 0.410 e. The van der Waals surface area contributed by atoms with Gasteiger partial charge in [0, 0.05) is 17.8 Å². The maximum Gasteiger partial charge on any atom is 0.410 e. The molecule has 16 heavy (non-hydrogen) atoms. The highest BCUT2D eigenvalue weighted by atomic mass is 32.2. The molecule has 0 aliphatic carbocycles. The normalized spacial score (nSPS) is 26.7. The Hall–Kier alpha value is -0.380. The molecule has 4 heteroatoms. The number of carbonyl (C=O) groups is 1. The number of thioether (sulfide) groups is 1. The molecule has 94 valence electrons. The molecule has 1 saturated heterocycles. The number of amides is 1. The second-order valence-electron chi connectivity index (χ2n) is 5.40. The van der Waals surface area contributed by atoms with Gasteiger partial charge >= 0.3 is 6.09 Å². The topological polar surface area (TPSA) is 29.5 Å². The van der Waals surface area contributed by atoms with Gasteiger partial charge in [0.25, 0.3) is 0 Å². The van der Waals surface area contributed by atoms with Crippen molar-refractivity contribution in [2.45, 2.75) is 57.4 Å². The summed E-state index contributed by atoms with van der Waals surface area (Å²) in [5, 5.41) is 0.689. The molecule has 0 aromatic carbocycles. The van der Waals surface area contributed by atoms with Crippen LogP contribution in [-0.2, 0) is 4.74 Å². The molecule has 0 spiro atoms. The lowest BCUT2D eigenvalue weighted by Gasteiger charge is -2.37. The van der Waals surface area contributed by atoms with E-state index in [1.807, 2.05) is 37.4 Å². The molecule has 1 heterocycles. The summed E-state index contributed by atoms with van der Waals surface area (Å²) in [7, 11) is 0. The van der Waals surface area contributed by atoms with E-state index in [-0.39, 0.29) is 6.09 Å². The molecule has 0 bridgehead atoms. The fourth-order valence-electron chi connectivity index (χ4n) is 1.93. The fourth-order valence-corrected chi connectivity index (χ4v) is 2.75. The minimum absolute atomic E-state index is 0.167. The first-order chi connectivity index (χ1) is 7.33. The highest BCUT2D eigenvalue weighted by Crippen LogP contribution is 2.26. The average Bonchev–Trinajstić information content (AvgIpc) is 2.14. The van der Waals surface area contributed by atoms with Crippen LogP contribution in [0.15, 0.2) is 0 Å². The predicted molar refractivity (Wildman–Crippen MR) is 68.9 cm³/mol. The Balaban J connectivity index is 2.52. The third-order valence-electron chi connectivity index (χ3n) is 2.79. The van der Waals surface area contributed by atoms with E-state index < -0.39 is 5.60 Å². The number of ether oxygens (including phenoxy) is 1. The van der Waals surface area contributed by atoms with Crippen LogP contribution >= 0.6 is 11.8 Å². The average molecular weight is 245 g/mol. The number of carbonyl (C=O) groups excluding carboxylic acids is 1. The van der Waals surface area contributed by atoms with Crippen molar-refractivity contribution < 1.29 is 9.53 Å². The summed E-state index contributed by atoms with van der Waals surface area (Å²) in [5.74, 6) is 0. The van der Waals surface area contributed by atoms with Crippen LogP contribution in [0, 0.1) is 0 Å². The molecular formula is C12H23NO2S. The van der Waals surface area contributed by atoms with E-state index in [0.29, 0.717) is 11.3 Å². The highest BCUT2D eigenvalue weighted by Gasteiger charge is 2.31. The third-order valence-corrected chi connectivity index (χ3v) is 3.88. The van der Waals surface area contributed by atoms with Gasteiger partial charge in [-0.25, -0.2) is 4.79 Å². The molecule has 0 N–H and O–H groups in total. The second-order valence-corrected chi connectivity index (χ2v) is 6.54. The van der Waals surface area contributed by atoms with Crippen LogP contribution in [0.25, 0.3) is 0 Å². The summed E-state index contributed by atoms with van der Waals surface area (Å²) in [6.07, 6.45) is 4.12. The van der Waals surface area contributed by atoms with Gasteiger partial charge < -0.3 is 9.64 Å². The molecule has 1 fully saturated rings. The second kappa shape index (κ2) is 5.30. The zero-order chi connectivity index (χ0) is 12.3. The summed E-state index contributed by atoms with van der Waals surface area (Å²) < 4.78 is 5.40. The Bertz CT molecular complexity index is 250. The highest BCUT2D eigenvalue weighted by molar-refractivity contribution is 7.99. The van der Waals surface area contributed by atoms with Crippen molar-refractivity contribution >= 4 is 17.9 Å². The molecule has 1 aliphatic rings. The molecule has 2 atom stereocenters. The lowest BCUT2D eigenvalue weighted by molar-refractivity contribution is 0.0126. The predicted octanol–water partition coefficient (Wildman–Crippen LogP) is 3.14. The SMILES string of the molecule is CSC1CCN(C(=O)OC(C)(C)C)C(C)C1. The van der Waals surface area contributed by atoms with Gasteiger partial charge in [-0.2, -0.15) is 11.8 Å². The Morgan fingerprint density at radius 2 is 2.06 bits per heavy atom. The fraction of sp³-hybridized carbons (Fsp3) is 0.917. The summed E-state index contributed by atoms with van der Waals surface area (Å²) >= 11 is 1.90. The summed E-state index contributed by atoms with van der Waals surface area (Å²) in [6, 6.07) is 0.293. The Morgan fingerprint density at radius 3 is 2.50 bits per heavy atom. The van der Waals surface area contributed by atoms with Crippen LogP contribution in [0.4, 0.5) is 4.79 Å². The molecule has 0 aromatic heterocycles. The van der Waals surface area contributed by atoms with Gasteiger partial charge in [-0.05, 0) is 46.8 Å². The van der Waals surface area contributed by atoms with Crippen molar-refractivity contribution in [1.29, 1.82) is 0 Å². The minimum Gasteiger partial charge on any atom is -0.444 e. The molecule has 0 radical (unpaired) electrons. The minimum atomic E-state index is -0.396. The lowest BCUT2D eigenvalue weighted by atomic mass is 10.0. The number of hydrogen-bond acceptors (Lipinski definition) is 3. The van der Waals surface area contributed by atoms with Crippen LogP contribution in [0.1, 0.15) is 40.5 Å². The zero-order valence-corrected chi connectivity index (χ0v) is 11.8. The standard InChI is InChI=1S/C12H23NO2S/c1-9-8-10(16-5)6-7-13(9)11(14)15-12(2,3)4/h9-10H,6-8H2,1-5H3. The van der Waals surface area contributed by atoms with E-state index >= 15 is 0 Å². The third kappa shape index (κ3) is 3.89. The Kier molecular flexibility index (Phi) is 4.53. The van der Waals surface area contributed by atoms with Crippen molar-refractivity contribution in [1.82, 2.24) is 4.90 Å². The number of hydrogen-bond donors (Lipinski definition) is 0. The van der Waals surface area contributed by atoms with E-state index in [0.717, 1.165) is 19.4 Å². The van der Waals surface area contributed by atoms with E-state index in [1.54, 1.807) is 0 Å². The summed E-state index contributed by atoms with van der Waals surface area (Å²) in [6.45, 7) is 8.65. The van der Waals surface area contributed by atoms with Gasteiger partial charge in [-0.3, -0.25) is 0 Å². The first-order valence-corrected chi connectivity index (χ1v) is 7.14. The van der Waals surface area contributed by atoms with Gasteiger partial charge in [-0.1, -0.05) is 0 Å². The van der Waals surface area contributed by atoms with E-state index in [9.17, 15) is 4.79 Å². The van der Waals surface area contributed by atoms with Crippen molar-refractivity contribution in [3.63, 3.8) is 0 Å². The van der Waals surface area contributed by atoms with Crippen molar-refractivity contribution in [2.75, 3.05) is 12.8 Å². The quantitative estimate of drug-likeness (QED) is 0.711. The summed E-state index contributed by atoms with van der Waals surface area (Å²) in [4.78, 5) is 13.8. The maximum absolute atomic E-state index is 11.9. The molecule has 0 saturated carbocycles. The van der Waals surface area contributed by atoms with Crippen LogP contribution < -0.4 is 0 Å². The summed E-state index contributed by atoms with van der Waals surface area (Å²) in [5.41, 5.74) is -0.396. The number of nitrogens with zero attached hydrogens (tertiary/aromatic N) is 1. The Morgan fingerprint density at radius 1 is 1.44 bits per heavy atom. The van der Waals surface area contributed by atoms with Crippen molar-refractivity contribution in [3.05, 3.63) is 0 Å². The van der Waals surface area contributed by atoms with Crippen molar-refractivity contribution in [2.24, 2.45) is 0 Å². The molecule has 2 unspecified atom stereocenters. The number of rotatable bonds is 1. The molecule has 1 aliphatic heterocycles. The largest absolute Gasteiger partial charge is 0.444 e. The van der Waals surface area contributed by atoms with Gasteiger partial charge in [0.2, 0.25) is 0 Å². The first-order valence-electron chi connectivity index (χ1n) is 5.86. The van der Waals surface area contributed by atoms with E-state index in [1.165, 1.54) is 0 Å². The lowest BCUT2D eigenvalue weighted by Crippen LogP contribution is -2.47. The van der Waals surface area contributed by atoms with Gasteiger partial charge in [0.05, 0.1) is 0 Å². The monoisotopic (exact) mass is 245 g/mol. The van der Waals surface area contributed by atoms with E-state index in [4.69, 9.17) is 4.74 Å². The van der Waals surface area contributed by atoms with Gasteiger partial charge in [0.15, 0.2) is 0 Å². The molecular weight excluding hydrogens is 222 g/mol.